The Labute approximate surface area is 174 Å². The topological polar surface area (TPSA) is 77.2 Å². The Kier molecular flexibility index (Phi) is 5.85. The number of carbonyl (C=O) groups excluding carboxylic acids is 1. The van der Waals surface area contributed by atoms with E-state index in [9.17, 15) is 4.79 Å². The van der Waals surface area contributed by atoms with E-state index < -0.39 is 0 Å². The molecule has 3 aromatic carbocycles. The summed E-state index contributed by atoms with van der Waals surface area (Å²) in [4.78, 5) is 12.1. The predicted molar refractivity (Wildman–Crippen MR) is 114 cm³/mol. The molecule has 150 valence electrons. The molecule has 6 nitrogen and oxygen atoms in total. The summed E-state index contributed by atoms with van der Waals surface area (Å²) in [7, 11) is 0. The predicted octanol–water partition coefficient (Wildman–Crippen LogP) is 4.65. The van der Waals surface area contributed by atoms with Gasteiger partial charge in [0.15, 0.2) is 6.61 Å². The zero-order valence-corrected chi connectivity index (χ0v) is 16.5. The number of ether oxygens (including phenoxy) is 1. The zero-order valence-electron chi connectivity index (χ0n) is 16.5. The number of carbonyl (C=O) groups is 1. The first-order chi connectivity index (χ1) is 14.7. The maximum absolute atomic E-state index is 12.1. The minimum atomic E-state index is -0.215. The second-order valence-corrected chi connectivity index (χ2v) is 6.89. The standard InChI is InChI=1S/C24H21N3O3/c1-17-7-13-21(14-8-17)29-16-22(28)25-20-11-9-18(10-12-20)15-23-26-27-24(30-23)19-5-3-2-4-6-19/h2-14H,15-16H2,1H3,(H,25,28). The Bertz CT molecular complexity index is 1100. The molecule has 0 aliphatic carbocycles. The van der Waals surface area contributed by atoms with Crippen molar-refractivity contribution in [3.63, 3.8) is 0 Å². The molecule has 0 radical (unpaired) electrons. The molecule has 30 heavy (non-hydrogen) atoms. The molecule has 0 aliphatic rings. The third kappa shape index (κ3) is 5.11. The van der Waals surface area contributed by atoms with Crippen molar-refractivity contribution in [1.29, 1.82) is 0 Å². The molecule has 6 heteroatoms. The van der Waals surface area contributed by atoms with Gasteiger partial charge in [0.25, 0.3) is 5.91 Å². The molecule has 1 N–H and O–H groups in total. The summed E-state index contributed by atoms with van der Waals surface area (Å²) in [6.45, 7) is 1.95. The fourth-order valence-electron chi connectivity index (χ4n) is 2.88. The van der Waals surface area contributed by atoms with Crippen molar-refractivity contribution in [2.24, 2.45) is 0 Å². The summed E-state index contributed by atoms with van der Waals surface area (Å²) >= 11 is 0. The summed E-state index contributed by atoms with van der Waals surface area (Å²) < 4.78 is 11.2. The van der Waals surface area contributed by atoms with Gasteiger partial charge in [0, 0.05) is 11.3 Å². The van der Waals surface area contributed by atoms with Crippen molar-refractivity contribution in [2.45, 2.75) is 13.3 Å². The smallest absolute Gasteiger partial charge is 0.262 e. The molecule has 0 saturated heterocycles. The number of anilines is 1. The molecular formula is C24H21N3O3. The van der Waals surface area contributed by atoms with E-state index in [2.05, 4.69) is 15.5 Å². The molecule has 0 spiro atoms. The minimum absolute atomic E-state index is 0.0466. The lowest BCUT2D eigenvalue weighted by Gasteiger charge is -2.08. The Morgan fingerprint density at radius 2 is 1.67 bits per heavy atom. The van der Waals surface area contributed by atoms with E-state index in [1.54, 1.807) is 0 Å². The van der Waals surface area contributed by atoms with Crippen molar-refractivity contribution < 1.29 is 13.9 Å². The van der Waals surface area contributed by atoms with Crippen LogP contribution in [0.1, 0.15) is 17.0 Å². The van der Waals surface area contributed by atoms with Gasteiger partial charge in [0.1, 0.15) is 5.75 Å². The average molecular weight is 399 g/mol. The third-order valence-corrected chi connectivity index (χ3v) is 4.47. The second kappa shape index (κ2) is 9.05. The van der Waals surface area contributed by atoms with Gasteiger partial charge in [0.2, 0.25) is 11.8 Å². The number of aromatic nitrogens is 2. The first kappa shape index (κ1) is 19.4. The maximum Gasteiger partial charge on any atom is 0.262 e. The van der Waals surface area contributed by atoms with E-state index >= 15 is 0 Å². The number of rotatable bonds is 7. The van der Waals surface area contributed by atoms with E-state index in [4.69, 9.17) is 9.15 Å². The van der Waals surface area contributed by atoms with Crippen molar-refractivity contribution in [3.05, 3.63) is 95.9 Å². The van der Waals surface area contributed by atoms with Crippen LogP contribution in [0.3, 0.4) is 0 Å². The Hall–Kier alpha value is -3.93. The van der Waals surface area contributed by atoms with Crippen molar-refractivity contribution in [2.75, 3.05) is 11.9 Å². The molecule has 0 atom stereocenters. The number of benzene rings is 3. The summed E-state index contributed by atoms with van der Waals surface area (Å²) in [6, 6.07) is 24.7. The monoisotopic (exact) mass is 399 g/mol. The van der Waals surface area contributed by atoms with Gasteiger partial charge >= 0.3 is 0 Å². The van der Waals surface area contributed by atoms with Gasteiger partial charge in [-0.15, -0.1) is 10.2 Å². The molecule has 0 bridgehead atoms. The highest BCUT2D eigenvalue weighted by molar-refractivity contribution is 5.91. The average Bonchev–Trinajstić information content (AvgIpc) is 3.24. The lowest BCUT2D eigenvalue weighted by molar-refractivity contribution is -0.118. The van der Waals surface area contributed by atoms with Gasteiger partial charge in [0.05, 0.1) is 6.42 Å². The molecule has 1 heterocycles. The molecular weight excluding hydrogens is 378 g/mol. The second-order valence-electron chi connectivity index (χ2n) is 6.89. The van der Waals surface area contributed by atoms with Crippen LogP contribution in [0, 0.1) is 6.92 Å². The normalized spacial score (nSPS) is 10.6. The van der Waals surface area contributed by atoms with Crippen molar-refractivity contribution in [1.82, 2.24) is 10.2 Å². The number of amides is 1. The van der Waals surface area contributed by atoms with Crippen LogP contribution >= 0.6 is 0 Å². The molecule has 0 saturated carbocycles. The van der Waals surface area contributed by atoms with E-state index in [1.165, 1.54) is 0 Å². The molecule has 4 rings (SSSR count). The summed E-state index contributed by atoms with van der Waals surface area (Å²) in [5.74, 6) is 1.49. The summed E-state index contributed by atoms with van der Waals surface area (Å²) in [5, 5.41) is 11.0. The van der Waals surface area contributed by atoms with Crippen LogP contribution in [-0.4, -0.2) is 22.7 Å². The van der Waals surface area contributed by atoms with Crippen LogP contribution in [0.4, 0.5) is 5.69 Å². The number of nitrogens with one attached hydrogen (secondary N) is 1. The quantitative estimate of drug-likeness (QED) is 0.489. The van der Waals surface area contributed by atoms with E-state index in [-0.39, 0.29) is 12.5 Å². The number of nitrogens with zero attached hydrogens (tertiary/aromatic N) is 2. The number of aryl methyl sites for hydroxylation is 1. The molecule has 1 amide bonds. The van der Waals surface area contributed by atoms with Gasteiger partial charge in [-0.05, 0) is 48.9 Å². The highest BCUT2D eigenvalue weighted by Crippen LogP contribution is 2.19. The van der Waals surface area contributed by atoms with E-state index in [0.29, 0.717) is 29.6 Å². The number of hydrogen-bond acceptors (Lipinski definition) is 5. The van der Waals surface area contributed by atoms with E-state index in [1.807, 2.05) is 85.8 Å². The third-order valence-electron chi connectivity index (χ3n) is 4.47. The Morgan fingerprint density at radius 3 is 2.40 bits per heavy atom. The molecule has 0 fully saturated rings. The van der Waals surface area contributed by atoms with Gasteiger partial charge in [-0.25, -0.2) is 0 Å². The highest BCUT2D eigenvalue weighted by Gasteiger charge is 2.09. The van der Waals surface area contributed by atoms with Crippen LogP contribution in [0.25, 0.3) is 11.5 Å². The van der Waals surface area contributed by atoms with Crippen LogP contribution in [0.15, 0.2) is 83.3 Å². The first-order valence-corrected chi connectivity index (χ1v) is 9.62. The fraction of sp³-hybridized carbons (Fsp3) is 0.125. The van der Waals surface area contributed by atoms with Gasteiger partial charge < -0.3 is 14.5 Å². The molecule has 0 unspecified atom stereocenters. The minimum Gasteiger partial charge on any atom is -0.484 e. The fourth-order valence-corrected chi connectivity index (χ4v) is 2.88. The van der Waals surface area contributed by atoms with Crippen LogP contribution in [0.5, 0.6) is 5.75 Å². The van der Waals surface area contributed by atoms with Crippen LogP contribution in [-0.2, 0) is 11.2 Å². The van der Waals surface area contributed by atoms with Crippen molar-refractivity contribution in [3.8, 4) is 17.2 Å². The van der Waals surface area contributed by atoms with Gasteiger partial charge in [-0.3, -0.25) is 4.79 Å². The largest absolute Gasteiger partial charge is 0.484 e. The molecule has 4 aromatic rings. The Balaban J connectivity index is 1.30. The lowest BCUT2D eigenvalue weighted by Crippen LogP contribution is -2.20. The molecule has 1 aromatic heterocycles. The SMILES string of the molecule is Cc1ccc(OCC(=O)Nc2ccc(Cc3nnc(-c4ccccc4)o3)cc2)cc1. The van der Waals surface area contributed by atoms with Gasteiger partial charge in [-0.1, -0.05) is 48.0 Å². The number of hydrogen-bond donors (Lipinski definition) is 1. The lowest BCUT2D eigenvalue weighted by atomic mass is 10.1. The highest BCUT2D eigenvalue weighted by atomic mass is 16.5. The van der Waals surface area contributed by atoms with Crippen LogP contribution in [0.2, 0.25) is 0 Å². The summed E-state index contributed by atoms with van der Waals surface area (Å²) in [6.07, 6.45) is 0.518. The van der Waals surface area contributed by atoms with Crippen molar-refractivity contribution >= 4 is 11.6 Å². The van der Waals surface area contributed by atoms with E-state index in [0.717, 1.165) is 16.7 Å². The first-order valence-electron chi connectivity index (χ1n) is 9.62. The zero-order chi connectivity index (χ0) is 20.8. The van der Waals surface area contributed by atoms with Gasteiger partial charge in [-0.2, -0.15) is 0 Å². The summed E-state index contributed by atoms with van der Waals surface area (Å²) in [5.41, 5.74) is 3.74. The maximum atomic E-state index is 12.1. The molecule has 0 aliphatic heterocycles. The van der Waals surface area contributed by atoms with Crippen LogP contribution < -0.4 is 10.1 Å². The Morgan fingerprint density at radius 1 is 0.933 bits per heavy atom.